The minimum Gasteiger partial charge on any atom is -0.341 e. The Hall–Kier alpha value is -2.63. The van der Waals surface area contributed by atoms with Crippen LogP contribution in [0.3, 0.4) is 0 Å². The fourth-order valence-corrected chi connectivity index (χ4v) is 4.12. The highest BCUT2D eigenvalue weighted by Gasteiger charge is 2.27. The predicted molar refractivity (Wildman–Crippen MR) is 123 cm³/mol. The van der Waals surface area contributed by atoms with Crippen molar-refractivity contribution in [2.75, 3.05) is 7.05 Å². The van der Waals surface area contributed by atoms with E-state index in [1.807, 2.05) is 71.4 Å². The number of hydrogen-bond acceptors (Lipinski definition) is 3. The molecule has 2 atom stereocenters. The van der Waals surface area contributed by atoms with Gasteiger partial charge in [-0.25, -0.2) is 4.68 Å². The number of para-hydroxylation sites is 1. The first-order valence-corrected chi connectivity index (χ1v) is 10.3. The van der Waals surface area contributed by atoms with Crippen molar-refractivity contribution in [1.29, 1.82) is 0 Å². The summed E-state index contributed by atoms with van der Waals surface area (Å²) in [6.45, 7) is 0.526. The Morgan fingerprint density at radius 1 is 1.10 bits per heavy atom. The van der Waals surface area contributed by atoms with Crippen LogP contribution in [0.25, 0.3) is 16.9 Å². The number of halogens is 1. The van der Waals surface area contributed by atoms with Crippen LogP contribution in [-0.2, 0) is 11.3 Å². The number of carbonyl (C=O) groups excluding carboxylic acids is 1. The summed E-state index contributed by atoms with van der Waals surface area (Å²) in [4.78, 5) is 14.6. The Bertz CT molecular complexity index is 958. The van der Waals surface area contributed by atoms with Gasteiger partial charge in [-0.1, -0.05) is 55.0 Å². The van der Waals surface area contributed by atoms with Gasteiger partial charge in [-0.15, -0.1) is 12.4 Å². The molecule has 0 radical (unpaired) electrons. The number of nitrogens with zero attached hydrogens (tertiary/aromatic N) is 3. The Kier molecular flexibility index (Phi) is 7.29. The Balaban J connectivity index is 0.00000256. The molecule has 6 heteroatoms. The summed E-state index contributed by atoms with van der Waals surface area (Å²) in [5.41, 5.74) is 10.2. The van der Waals surface area contributed by atoms with Crippen LogP contribution in [0, 0.1) is 5.92 Å². The molecule has 0 spiro atoms. The minimum absolute atomic E-state index is 0. The molecule has 0 unspecified atom stereocenters. The van der Waals surface area contributed by atoms with Crippen LogP contribution in [0.15, 0.2) is 66.9 Å². The number of amides is 1. The van der Waals surface area contributed by atoms with Gasteiger partial charge in [0.05, 0.1) is 11.4 Å². The molecular formula is C24H29ClN4O. The highest BCUT2D eigenvalue weighted by atomic mass is 35.5. The molecule has 1 aliphatic rings. The van der Waals surface area contributed by atoms with Crippen molar-refractivity contribution in [2.24, 2.45) is 11.7 Å². The number of benzene rings is 2. The minimum atomic E-state index is 0. The van der Waals surface area contributed by atoms with E-state index >= 15 is 0 Å². The fourth-order valence-electron chi connectivity index (χ4n) is 4.12. The standard InChI is InChI=1S/C24H28N4O.ClH/c1-27(23(29)15-19-11-8-14-22(19)25)16-20-17-28(21-12-6-3-7-13-21)26-24(20)18-9-4-2-5-10-18;/h2-7,9-10,12-13,17,19,22H,8,11,14-16,25H2,1H3;1H/t19-,22+;/m0./s1. The second-order valence-electron chi connectivity index (χ2n) is 7.96. The lowest BCUT2D eigenvalue weighted by Gasteiger charge is -2.21. The first kappa shape index (κ1) is 22.1. The maximum atomic E-state index is 12.8. The molecule has 3 aromatic rings. The van der Waals surface area contributed by atoms with Crippen molar-refractivity contribution < 1.29 is 4.79 Å². The molecule has 1 heterocycles. The van der Waals surface area contributed by atoms with Gasteiger partial charge in [-0.2, -0.15) is 5.10 Å². The van der Waals surface area contributed by atoms with E-state index in [1.165, 1.54) is 0 Å². The molecule has 158 valence electrons. The molecule has 0 saturated heterocycles. The summed E-state index contributed by atoms with van der Waals surface area (Å²) >= 11 is 0. The molecule has 0 aliphatic heterocycles. The maximum Gasteiger partial charge on any atom is 0.222 e. The molecule has 1 aliphatic carbocycles. The third-order valence-corrected chi connectivity index (χ3v) is 5.85. The van der Waals surface area contributed by atoms with Gasteiger partial charge in [0, 0.05) is 43.4 Å². The Labute approximate surface area is 184 Å². The number of carbonyl (C=O) groups is 1. The Morgan fingerprint density at radius 2 is 1.77 bits per heavy atom. The number of aromatic nitrogens is 2. The molecule has 30 heavy (non-hydrogen) atoms. The molecule has 4 rings (SSSR count). The summed E-state index contributed by atoms with van der Waals surface area (Å²) in [5.74, 6) is 0.462. The quantitative estimate of drug-likeness (QED) is 0.636. The lowest BCUT2D eigenvalue weighted by Crippen LogP contribution is -2.32. The smallest absolute Gasteiger partial charge is 0.222 e. The molecular weight excluding hydrogens is 396 g/mol. The zero-order valence-electron chi connectivity index (χ0n) is 17.3. The van der Waals surface area contributed by atoms with Crippen molar-refractivity contribution in [2.45, 2.75) is 38.3 Å². The molecule has 1 aromatic heterocycles. The van der Waals surface area contributed by atoms with Gasteiger partial charge in [0.1, 0.15) is 0 Å². The SMILES string of the molecule is CN(Cc1cn(-c2ccccc2)nc1-c1ccccc1)C(=O)C[C@@H]1CCC[C@H]1N.Cl. The van der Waals surface area contributed by atoms with E-state index in [0.29, 0.717) is 18.9 Å². The molecule has 1 fully saturated rings. The maximum absolute atomic E-state index is 12.8. The van der Waals surface area contributed by atoms with E-state index in [4.69, 9.17) is 10.8 Å². The lowest BCUT2D eigenvalue weighted by atomic mass is 9.99. The van der Waals surface area contributed by atoms with Gasteiger partial charge in [-0.05, 0) is 30.9 Å². The summed E-state index contributed by atoms with van der Waals surface area (Å²) in [5, 5.41) is 4.84. The van der Waals surface area contributed by atoms with Gasteiger partial charge in [0.2, 0.25) is 5.91 Å². The van der Waals surface area contributed by atoms with Gasteiger partial charge < -0.3 is 10.6 Å². The fraction of sp³-hybridized carbons (Fsp3) is 0.333. The van der Waals surface area contributed by atoms with E-state index in [-0.39, 0.29) is 24.4 Å². The summed E-state index contributed by atoms with van der Waals surface area (Å²) in [6, 6.07) is 20.3. The van der Waals surface area contributed by atoms with Crippen LogP contribution in [0.5, 0.6) is 0 Å². The monoisotopic (exact) mass is 424 g/mol. The van der Waals surface area contributed by atoms with E-state index in [2.05, 4.69) is 12.1 Å². The summed E-state index contributed by atoms with van der Waals surface area (Å²) in [6.07, 6.45) is 5.78. The second-order valence-corrected chi connectivity index (χ2v) is 7.96. The normalized spacial score (nSPS) is 18.1. The number of hydrogen-bond donors (Lipinski definition) is 1. The van der Waals surface area contributed by atoms with Crippen LogP contribution in [-0.4, -0.2) is 33.7 Å². The molecule has 2 N–H and O–H groups in total. The Morgan fingerprint density at radius 3 is 2.40 bits per heavy atom. The van der Waals surface area contributed by atoms with Gasteiger partial charge in [0.25, 0.3) is 0 Å². The van der Waals surface area contributed by atoms with Crippen molar-refractivity contribution >= 4 is 18.3 Å². The second kappa shape index (κ2) is 9.92. The van der Waals surface area contributed by atoms with E-state index in [0.717, 1.165) is 41.8 Å². The van der Waals surface area contributed by atoms with Gasteiger partial charge in [0.15, 0.2) is 0 Å². The van der Waals surface area contributed by atoms with Crippen molar-refractivity contribution in [1.82, 2.24) is 14.7 Å². The zero-order valence-corrected chi connectivity index (χ0v) is 18.1. The van der Waals surface area contributed by atoms with Crippen LogP contribution in [0.1, 0.15) is 31.2 Å². The third kappa shape index (κ3) is 4.91. The average Bonchev–Trinajstić information content (AvgIpc) is 3.35. The van der Waals surface area contributed by atoms with E-state index in [9.17, 15) is 4.79 Å². The first-order valence-electron chi connectivity index (χ1n) is 10.3. The van der Waals surface area contributed by atoms with Crippen LogP contribution in [0.2, 0.25) is 0 Å². The average molecular weight is 425 g/mol. The number of nitrogens with two attached hydrogens (primary N) is 1. The van der Waals surface area contributed by atoms with Crippen LogP contribution in [0.4, 0.5) is 0 Å². The van der Waals surface area contributed by atoms with E-state index in [1.54, 1.807) is 0 Å². The predicted octanol–water partition coefficient (Wildman–Crippen LogP) is 4.44. The molecule has 0 bridgehead atoms. The van der Waals surface area contributed by atoms with Crippen LogP contribution < -0.4 is 5.73 Å². The van der Waals surface area contributed by atoms with Crippen LogP contribution >= 0.6 is 12.4 Å². The zero-order chi connectivity index (χ0) is 20.2. The molecule has 1 amide bonds. The first-order chi connectivity index (χ1) is 14.1. The van der Waals surface area contributed by atoms with E-state index < -0.39 is 0 Å². The van der Waals surface area contributed by atoms with Crippen molar-refractivity contribution in [3.05, 3.63) is 72.4 Å². The largest absolute Gasteiger partial charge is 0.341 e. The molecule has 2 aromatic carbocycles. The molecule has 1 saturated carbocycles. The summed E-state index contributed by atoms with van der Waals surface area (Å²) < 4.78 is 1.89. The summed E-state index contributed by atoms with van der Waals surface area (Å²) in [7, 11) is 1.87. The number of rotatable bonds is 6. The topological polar surface area (TPSA) is 64.2 Å². The lowest BCUT2D eigenvalue weighted by molar-refractivity contribution is -0.131. The van der Waals surface area contributed by atoms with Gasteiger partial charge >= 0.3 is 0 Å². The van der Waals surface area contributed by atoms with Gasteiger partial charge in [-0.3, -0.25) is 4.79 Å². The van der Waals surface area contributed by atoms with Crippen molar-refractivity contribution in [3.63, 3.8) is 0 Å². The van der Waals surface area contributed by atoms with Crippen molar-refractivity contribution in [3.8, 4) is 16.9 Å². The molecule has 5 nitrogen and oxygen atoms in total. The highest BCUT2D eigenvalue weighted by Crippen LogP contribution is 2.28. The highest BCUT2D eigenvalue weighted by molar-refractivity contribution is 5.85. The third-order valence-electron chi connectivity index (χ3n) is 5.85.